The van der Waals surface area contributed by atoms with Crippen LogP contribution in [0, 0.1) is 5.92 Å². The van der Waals surface area contributed by atoms with Gasteiger partial charge in [0, 0.05) is 30.7 Å². The molecular weight excluding hydrogens is 324 g/mol. The van der Waals surface area contributed by atoms with E-state index in [-0.39, 0.29) is 11.9 Å². The van der Waals surface area contributed by atoms with Crippen molar-refractivity contribution in [3.8, 4) is 5.75 Å². The summed E-state index contributed by atoms with van der Waals surface area (Å²) in [7, 11) is 0. The average molecular weight is 357 g/mol. The number of nitrogens with zero attached hydrogens (tertiary/aromatic N) is 1. The minimum Gasteiger partial charge on any atom is -0.493 e. The van der Waals surface area contributed by atoms with E-state index in [2.05, 4.69) is 10.2 Å². The van der Waals surface area contributed by atoms with E-state index >= 15 is 0 Å². The van der Waals surface area contributed by atoms with E-state index in [1.165, 1.54) is 51.4 Å². The van der Waals surface area contributed by atoms with Crippen molar-refractivity contribution in [2.75, 3.05) is 19.7 Å². The summed E-state index contributed by atoms with van der Waals surface area (Å²) in [4.78, 5) is 15.2. The van der Waals surface area contributed by atoms with Crippen LogP contribution in [0.2, 0.25) is 0 Å². The molecule has 4 rings (SSSR count). The van der Waals surface area contributed by atoms with Crippen LogP contribution >= 0.6 is 0 Å². The number of amides is 1. The van der Waals surface area contributed by atoms with Crippen LogP contribution in [0.15, 0.2) is 24.3 Å². The van der Waals surface area contributed by atoms with Gasteiger partial charge >= 0.3 is 0 Å². The minimum absolute atomic E-state index is 0.0476. The number of likely N-dealkylation sites (tertiary alicyclic amines) is 1. The first-order valence-electron chi connectivity index (χ1n) is 10.6. The Balaban J connectivity index is 1.25. The van der Waals surface area contributed by atoms with E-state index in [1.807, 2.05) is 24.3 Å². The molecule has 1 saturated heterocycles. The summed E-state index contributed by atoms with van der Waals surface area (Å²) in [6.45, 7) is 2.95. The SMILES string of the molecule is O=C(NC1CCN(C2CCCCCC2)C1)c1ccc(OCC2CC2)cc1. The summed E-state index contributed by atoms with van der Waals surface area (Å²) in [5.74, 6) is 1.66. The van der Waals surface area contributed by atoms with Crippen molar-refractivity contribution < 1.29 is 9.53 Å². The van der Waals surface area contributed by atoms with Gasteiger partial charge in [-0.3, -0.25) is 9.69 Å². The van der Waals surface area contributed by atoms with Crippen molar-refractivity contribution in [2.24, 2.45) is 5.92 Å². The van der Waals surface area contributed by atoms with Crippen LogP contribution in [-0.2, 0) is 0 Å². The van der Waals surface area contributed by atoms with E-state index in [9.17, 15) is 4.79 Å². The van der Waals surface area contributed by atoms with Crippen LogP contribution in [-0.4, -0.2) is 42.6 Å². The van der Waals surface area contributed by atoms with Gasteiger partial charge in [0.2, 0.25) is 0 Å². The van der Waals surface area contributed by atoms with Crippen LogP contribution in [0.3, 0.4) is 0 Å². The number of rotatable bonds is 6. The predicted molar refractivity (Wildman–Crippen MR) is 104 cm³/mol. The highest BCUT2D eigenvalue weighted by Gasteiger charge is 2.29. The zero-order chi connectivity index (χ0) is 17.8. The van der Waals surface area contributed by atoms with Gasteiger partial charge in [-0.2, -0.15) is 0 Å². The maximum absolute atomic E-state index is 12.6. The summed E-state index contributed by atoms with van der Waals surface area (Å²) >= 11 is 0. The molecule has 3 fully saturated rings. The normalized spacial score (nSPS) is 25.0. The monoisotopic (exact) mass is 356 g/mol. The second-order valence-corrected chi connectivity index (χ2v) is 8.38. The molecule has 1 aliphatic heterocycles. The topological polar surface area (TPSA) is 41.6 Å². The first-order chi connectivity index (χ1) is 12.8. The fraction of sp³-hybridized carbons (Fsp3) is 0.682. The molecule has 1 aromatic rings. The van der Waals surface area contributed by atoms with E-state index in [1.54, 1.807) is 0 Å². The highest BCUT2D eigenvalue weighted by Crippen LogP contribution is 2.29. The van der Waals surface area contributed by atoms with E-state index in [0.717, 1.165) is 49.4 Å². The van der Waals surface area contributed by atoms with Gasteiger partial charge in [-0.15, -0.1) is 0 Å². The van der Waals surface area contributed by atoms with Gasteiger partial charge in [-0.25, -0.2) is 0 Å². The minimum atomic E-state index is 0.0476. The van der Waals surface area contributed by atoms with Gasteiger partial charge < -0.3 is 10.1 Å². The van der Waals surface area contributed by atoms with Crippen LogP contribution in [0.25, 0.3) is 0 Å². The largest absolute Gasteiger partial charge is 0.493 e. The molecule has 1 amide bonds. The molecule has 2 aliphatic carbocycles. The third-order valence-electron chi connectivity index (χ3n) is 6.20. The maximum Gasteiger partial charge on any atom is 0.251 e. The number of hydrogen-bond acceptors (Lipinski definition) is 3. The highest BCUT2D eigenvalue weighted by molar-refractivity contribution is 5.94. The predicted octanol–water partition coefficient (Wildman–Crippen LogP) is 4.00. The Morgan fingerprint density at radius 1 is 1.00 bits per heavy atom. The Morgan fingerprint density at radius 3 is 2.42 bits per heavy atom. The van der Waals surface area contributed by atoms with Gasteiger partial charge in [-0.1, -0.05) is 25.7 Å². The highest BCUT2D eigenvalue weighted by atomic mass is 16.5. The zero-order valence-corrected chi connectivity index (χ0v) is 15.8. The molecule has 0 bridgehead atoms. The molecule has 3 aliphatic rings. The van der Waals surface area contributed by atoms with Crippen molar-refractivity contribution >= 4 is 5.91 Å². The van der Waals surface area contributed by atoms with E-state index in [0.29, 0.717) is 0 Å². The number of ether oxygens (including phenoxy) is 1. The second-order valence-electron chi connectivity index (χ2n) is 8.38. The lowest BCUT2D eigenvalue weighted by atomic mass is 10.1. The number of carbonyl (C=O) groups excluding carboxylic acids is 1. The lowest BCUT2D eigenvalue weighted by Crippen LogP contribution is -2.39. The Hall–Kier alpha value is -1.55. The number of benzene rings is 1. The van der Waals surface area contributed by atoms with E-state index in [4.69, 9.17) is 4.74 Å². The van der Waals surface area contributed by atoms with Crippen LogP contribution in [0.1, 0.15) is 68.1 Å². The maximum atomic E-state index is 12.6. The zero-order valence-electron chi connectivity index (χ0n) is 15.8. The Labute approximate surface area is 157 Å². The smallest absolute Gasteiger partial charge is 0.251 e. The summed E-state index contributed by atoms with van der Waals surface area (Å²) in [5.41, 5.74) is 0.733. The summed E-state index contributed by atoms with van der Waals surface area (Å²) in [5, 5.41) is 3.24. The third-order valence-corrected chi connectivity index (χ3v) is 6.20. The van der Waals surface area contributed by atoms with Crippen molar-refractivity contribution in [1.29, 1.82) is 0 Å². The molecule has 0 radical (unpaired) electrons. The molecule has 1 atom stereocenters. The molecule has 4 heteroatoms. The van der Waals surface area contributed by atoms with Crippen molar-refractivity contribution in [3.05, 3.63) is 29.8 Å². The average Bonchev–Trinajstić information content (AvgIpc) is 3.44. The van der Waals surface area contributed by atoms with Crippen molar-refractivity contribution in [3.63, 3.8) is 0 Å². The lowest BCUT2D eigenvalue weighted by Gasteiger charge is -2.26. The van der Waals surface area contributed by atoms with Gasteiger partial charge in [0.05, 0.1) is 6.61 Å². The molecular formula is C22H32N2O2. The Morgan fingerprint density at radius 2 is 1.73 bits per heavy atom. The Kier molecular flexibility index (Phi) is 5.78. The number of carbonyl (C=O) groups is 1. The summed E-state index contributed by atoms with van der Waals surface area (Å²) in [6.07, 6.45) is 11.9. The van der Waals surface area contributed by atoms with Crippen LogP contribution in [0.5, 0.6) is 5.75 Å². The molecule has 4 nitrogen and oxygen atoms in total. The third kappa shape index (κ3) is 4.79. The molecule has 1 aromatic carbocycles. The standard InChI is InChI=1S/C22H32N2O2/c25-22(18-9-11-21(12-10-18)26-16-17-7-8-17)23-19-13-14-24(15-19)20-5-3-1-2-4-6-20/h9-12,17,19-20H,1-8,13-16H2,(H,23,25). The first kappa shape index (κ1) is 17.8. The van der Waals surface area contributed by atoms with Gasteiger partial charge in [0.1, 0.15) is 5.75 Å². The van der Waals surface area contributed by atoms with Crippen LogP contribution in [0.4, 0.5) is 0 Å². The first-order valence-corrected chi connectivity index (χ1v) is 10.6. The number of hydrogen-bond donors (Lipinski definition) is 1. The molecule has 1 heterocycles. The van der Waals surface area contributed by atoms with Gasteiger partial charge in [-0.05, 0) is 62.3 Å². The second kappa shape index (κ2) is 8.43. The summed E-state index contributed by atoms with van der Waals surface area (Å²) in [6, 6.07) is 8.64. The van der Waals surface area contributed by atoms with Crippen molar-refractivity contribution in [1.82, 2.24) is 10.2 Å². The molecule has 142 valence electrons. The molecule has 0 aromatic heterocycles. The van der Waals surface area contributed by atoms with Crippen LogP contribution < -0.4 is 10.1 Å². The summed E-state index contributed by atoms with van der Waals surface area (Å²) < 4.78 is 5.75. The fourth-order valence-electron chi connectivity index (χ4n) is 4.33. The molecule has 1 unspecified atom stereocenters. The fourth-order valence-corrected chi connectivity index (χ4v) is 4.33. The quantitative estimate of drug-likeness (QED) is 0.783. The number of nitrogens with one attached hydrogen (secondary N) is 1. The Bertz CT molecular complexity index is 589. The molecule has 1 N–H and O–H groups in total. The molecule has 2 saturated carbocycles. The van der Waals surface area contributed by atoms with E-state index < -0.39 is 0 Å². The molecule has 26 heavy (non-hydrogen) atoms. The molecule has 0 spiro atoms. The van der Waals surface area contributed by atoms with Gasteiger partial charge in [0.25, 0.3) is 5.91 Å². The van der Waals surface area contributed by atoms with Crippen molar-refractivity contribution in [2.45, 2.75) is 69.9 Å². The van der Waals surface area contributed by atoms with Gasteiger partial charge in [0.15, 0.2) is 0 Å². The lowest BCUT2D eigenvalue weighted by molar-refractivity contribution is 0.0935.